The zero-order valence-electron chi connectivity index (χ0n) is 14.1. The van der Waals surface area contributed by atoms with Crippen molar-refractivity contribution in [1.82, 2.24) is 5.32 Å². The number of β-amino-alcohol motifs (C(OH)–C–C–N with tert-alkyl or cyclic N) is 1. The Bertz CT molecular complexity index is 600. The number of ether oxygens (including phenoxy) is 2. The van der Waals surface area contributed by atoms with Crippen LogP contribution in [0.4, 0.5) is 8.78 Å². The molecular weight excluding hydrogens is 332 g/mol. The van der Waals surface area contributed by atoms with Gasteiger partial charge in [-0.25, -0.2) is 8.78 Å². The summed E-state index contributed by atoms with van der Waals surface area (Å²) in [7, 11) is 1.59. The number of esters is 1. The average molecular weight is 355 g/mol. The first-order valence-corrected chi connectivity index (χ1v) is 8.48. The molecule has 2 N–H and O–H groups in total. The lowest BCUT2D eigenvalue weighted by atomic mass is 9.79. The van der Waals surface area contributed by atoms with Crippen LogP contribution in [-0.2, 0) is 16.0 Å². The van der Waals surface area contributed by atoms with Crippen molar-refractivity contribution in [3.05, 3.63) is 29.8 Å². The summed E-state index contributed by atoms with van der Waals surface area (Å²) in [4.78, 5) is 12.0. The molecular formula is C18H23F2NO4. The van der Waals surface area contributed by atoms with Crippen molar-refractivity contribution < 1.29 is 28.2 Å². The molecule has 2 fully saturated rings. The predicted octanol–water partition coefficient (Wildman–Crippen LogP) is 1.92. The fourth-order valence-corrected chi connectivity index (χ4v) is 3.50. The Morgan fingerprint density at radius 3 is 2.60 bits per heavy atom. The van der Waals surface area contributed by atoms with Crippen LogP contribution in [0.25, 0.3) is 0 Å². The minimum atomic E-state index is -2.64. The topological polar surface area (TPSA) is 67.8 Å². The fraction of sp³-hybridized carbons (Fsp3) is 0.611. The SMILES string of the molecule is COc1ccc(C[C@H]2NC[C@H](O)[C@H]2OC(=O)CC2CC(F)(F)C2)cc1. The first-order valence-electron chi connectivity index (χ1n) is 8.48. The van der Waals surface area contributed by atoms with Crippen molar-refractivity contribution in [1.29, 1.82) is 0 Å². The maximum atomic E-state index is 12.9. The van der Waals surface area contributed by atoms with E-state index in [4.69, 9.17) is 9.47 Å². The maximum absolute atomic E-state index is 12.9. The van der Waals surface area contributed by atoms with Gasteiger partial charge in [0.15, 0.2) is 0 Å². The number of halogens is 2. The summed E-state index contributed by atoms with van der Waals surface area (Å²) >= 11 is 0. The number of nitrogens with one attached hydrogen (secondary N) is 1. The second kappa shape index (κ2) is 7.25. The van der Waals surface area contributed by atoms with Crippen LogP contribution in [0.5, 0.6) is 5.75 Å². The third kappa shape index (κ3) is 4.46. The third-order valence-electron chi connectivity index (χ3n) is 4.88. The van der Waals surface area contributed by atoms with Gasteiger partial charge in [-0.15, -0.1) is 0 Å². The van der Waals surface area contributed by atoms with E-state index in [-0.39, 0.29) is 31.2 Å². The van der Waals surface area contributed by atoms with Gasteiger partial charge in [0.1, 0.15) is 18.0 Å². The number of benzene rings is 1. The Morgan fingerprint density at radius 2 is 2.00 bits per heavy atom. The van der Waals surface area contributed by atoms with E-state index in [2.05, 4.69) is 5.32 Å². The fourth-order valence-electron chi connectivity index (χ4n) is 3.50. The van der Waals surface area contributed by atoms with Gasteiger partial charge in [0.25, 0.3) is 0 Å². The molecule has 2 aliphatic rings. The normalized spacial score (nSPS) is 28.4. The number of hydrogen-bond acceptors (Lipinski definition) is 5. The summed E-state index contributed by atoms with van der Waals surface area (Å²) in [6.07, 6.45) is -1.43. The zero-order valence-corrected chi connectivity index (χ0v) is 14.1. The van der Waals surface area contributed by atoms with E-state index in [1.165, 1.54) is 0 Å². The van der Waals surface area contributed by atoms with Gasteiger partial charge in [0.2, 0.25) is 5.92 Å². The van der Waals surface area contributed by atoms with Crippen molar-refractivity contribution in [2.45, 2.75) is 49.9 Å². The lowest BCUT2D eigenvalue weighted by molar-refractivity contribution is -0.162. The largest absolute Gasteiger partial charge is 0.497 e. The summed E-state index contributed by atoms with van der Waals surface area (Å²) in [5.74, 6) is -2.73. The minimum Gasteiger partial charge on any atom is -0.497 e. The second-order valence-electron chi connectivity index (χ2n) is 6.92. The van der Waals surface area contributed by atoms with E-state index < -0.39 is 24.1 Å². The van der Waals surface area contributed by atoms with Crippen LogP contribution in [-0.4, -0.2) is 48.9 Å². The van der Waals surface area contributed by atoms with Crippen molar-refractivity contribution in [3.8, 4) is 5.75 Å². The van der Waals surface area contributed by atoms with Crippen LogP contribution in [0.1, 0.15) is 24.8 Å². The molecule has 0 spiro atoms. The number of methoxy groups -OCH3 is 1. The first-order chi connectivity index (χ1) is 11.9. The van der Waals surface area contributed by atoms with E-state index >= 15 is 0 Å². The smallest absolute Gasteiger partial charge is 0.306 e. The summed E-state index contributed by atoms with van der Waals surface area (Å²) in [6, 6.07) is 7.31. The highest BCUT2D eigenvalue weighted by atomic mass is 19.3. The summed E-state index contributed by atoms with van der Waals surface area (Å²) < 4.78 is 36.2. The molecule has 0 bridgehead atoms. The van der Waals surface area contributed by atoms with Gasteiger partial charge in [-0.1, -0.05) is 12.1 Å². The molecule has 1 aromatic carbocycles. The van der Waals surface area contributed by atoms with E-state index in [1.54, 1.807) is 7.11 Å². The Morgan fingerprint density at radius 1 is 1.32 bits per heavy atom. The highest BCUT2D eigenvalue weighted by molar-refractivity contribution is 5.70. The molecule has 1 heterocycles. The van der Waals surface area contributed by atoms with Gasteiger partial charge < -0.3 is 19.9 Å². The predicted molar refractivity (Wildman–Crippen MR) is 86.7 cm³/mol. The minimum absolute atomic E-state index is 0.0198. The molecule has 7 heteroatoms. The number of carbonyl (C=O) groups excluding carboxylic acids is 1. The van der Waals surface area contributed by atoms with Crippen LogP contribution in [0.15, 0.2) is 24.3 Å². The highest BCUT2D eigenvalue weighted by Crippen LogP contribution is 2.44. The van der Waals surface area contributed by atoms with E-state index in [9.17, 15) is 18.7 Å². The van der Waals surface area contributed by atoms with Gasteiger partial charge in [-0.2, -0.15) is 0 Å². The monoisotopic (exact) mass is 355 g/mol. The average Bonchev–Trinajstić information content (AvgIpc) is 2.87. The molecule has 1 saturated heterocycles. The molecule has 1 aliphatic heterocycles. The number of aliphatic hydroxyl groups excluding tert-OH is 1. The number of aliphatic hydroxyl groups is 1. The van der Waals surface area contributed by atoms with E-state index in [0.717, 1.165) is 11.3 Å². The van der Waals surface area contributed by atoms with E-state index in [1.807, 2.05) is 24.3 Å². The molecule has 3 rings (SSSR count). The zero-order chi connectivity index (χ0) is 18.0. The Hall–Kier alpha value is -1.73. The van der Waals surface area contributed by atoms with Crippen molar-refractivity contribution in [2.75, 3.05) is 13.7 Å². The molecule has 1 saturated carbocycles. The molecule has 3 atom stereocenters. The van der Waals surface area contributed by atoms with Crippen LogP contribution >= 0.6 is 0 Å². The second-order valence-corrected chi connectivity index (χ2v) is 6.92. The number of rotatable bonds is 6. The lowest BCUT2D eigenvalue weighted by Crippen LogP contribution is -2.41. The van der Waals surface area contributed by atoms with Crippen molar-refractivity contribution >= 4 is 5.97 Å². The Kier molecular flexibility index (Phi) is 5.24. The Labute approximate surface area is 145 Å². The van der Waals surface area contributed by atoms with Crippen LogP contribution in [0.3, 0.4) is 0 Å². The van der Waals surface area contributed by atoms with Gasteiger partial charge in [-0.3, -0.25) is 4.79 Å². The quantitative estimate of drug-likeness (QED) is 0.763. The Balaban J connectivity index is 1.54. The van der Waals surface area contributed by atoms with Crippen LogP contribution in [0, 0.1) is 5.92 Å². The van der Waals surface area contributed by atoms with Crippen molar-refractivity contribution in [3.63, 3.8) is 0 Å². The van der Waals surface area contributed by atoms with Crippen molar-refractivity contribution in [2.24, 2.45) is 5.92 Å². The van der Waals surface area contributed by atoms with E-state index in [0.29, 0.717) is 13.0 Å². The molecule has 1 aromatic rings. The van der Waals surface area contributed by atoms with Gasteiger partial charge in [-0.05, 0) is 30.0 Å². The van der Waals surface area contributed by atoms with Crippen LogP contribution in [0.2, 0.25) is 0 Å². The van der Waals surface area contributed by atoms with Gasteiger partial charge >= 0.3 is 5.97 Å². The molecule has 138 valence electrons. The molecule has 5 nitrogen and oxygen atoms in total. The first kappa shape index (κ1) is 18.1. The standard InChI is InChI=1S/C18H23F2NO4/c1-24-13-4-2-11(3-5-13)6-14-17(15(22)10-21-14)25-16(23)7-12-8-18(19,20)9-12/h2-5,12,14-15,17,21-22H,6-10H2,1H3/t14-,15+,17+/m1/s1. The summed E-state index contributed by atoms with van der Waals surface area (Å²) in [5.41, 5.74) is 1.02. The molecule has 0 amide bonds. The summed E-state index contributed by atoms with van der Waals surface area (Å²) in [5, 5.41) is 13.2. The summed E-state index contributed by atoms with van der Waals surface area (Å²) in [6.45, 7) is 0.334. The molecule has 0 unspecified atom stereocenters. The van der Waals surface area contributed by atoms with Gasteiger partial charge in [0, 0.05) is 25.8 Å². The lowest BCUT2D eigenvalue weighted by Gasteiger charge is -2.34. The molecule has 0 radical (unpaired) electrons. The molecule has 1 aliphatic carbocycles. The number of hydrogen-bond donors (Lipinski definition) is 2. The maximum Gasteiger partial charge on any atom is 0.306 e. The van der Waals surface area contributed by atoms with Gasteiger partial charge in [0.05, 0.1) is 13.2 Å². The van der Waals surface area contributed by atoms with Crippen LogP contribution < -0.4 is 10.1 Å². The third-order valence-corrected chi connectivity index (χ3v) is 4.88. The molecule has 25 heavy (non-hydrogen) atoms. The number of carbonyl (C=O) groups is 1. The number of alkyl halides is 2. The molecule has 0 aromatic heterocycles. The highest BCUT2D eigenvalue weighted by Gasteiger charge is 2.46.